The standard InChI is InChI=1S/C4H8F3NO3S/c1-8(2)12(9,10)11-3-4(5,6)7/h3H2,1-2H3. The maximum Gasteiger partial charge on any atom is 0.413 e. The highest BCUT2D eigenvalue weighted by atomic mass is 32.2. The lowest BCUT2D eigenvalue weighted by Gasteiger charge is -2.12. The predicted molar refractivity (Wildman–Crippen MR) is 34.6 cm³/mol. The van der Waals surface area contributed by atoms with Crippen LogP contribution in [-0.4, -0.2) is 39.6 Å². The van der Waals surface area contributed by atoms with E-state index in [9.17, 15) is 21.6 Å². The number of rotatable bonds is 3. The molecule has 0 atom stereocenters. The summed E-state index contributed by atoms with van der Waals surface area (Å²) in [6.45, 7) is -1.80. The first-order valence-corrected chi connectivity index (χ1v) is 4.15. The third-order valence-corrected chi connectivity index (χ3v) is 2.13. The maximum atomic E-state index is 11.4. The van der Waals surface area contributed by atoms with Crippen molar-refractivity contribution in [1.82, 2.24) is 4.31 Å². The molecule has 0 rings (SSSR count). The first kappa shape index (κ1) is 11.7. The number of hydrogen-bond donors (Lipinski definition) is 0. The van der Waals surface area contributed by atoms with Crippen LogP contribution in [0.1, 0.15) is 0 Å². The summed E-state index contributed by atoms with van der Waals surface area (Å²) in [6, 6.07) is 0. The molecule has 0 N–H and O–H groups in total. The first-order chi connectivity index (χ1) is 5.15. The smallest absolute Gasteiger partial charge is 0.248 e. The van der Waals surface area contributed by atoms with E-state index in [-0.39, 0.29) is 0 Å². The number of nitrogens with zero attached hydrogens (tertiary/aromatic N) is 1. The van der Waals surface area contributed by atoms with Gasteiger partial charge in [-0.25, -0.2) is 4.18 Å². The van der Waals surface area contributed by atoms with Crippen molar-refractivity contribution >= 4 is 10.3 Å². The summed E-state index contributed by atoms with van der Waals surface area (Å²) in [5.74, 6) is 0. The molecule has 0 amide bonds. The molecule has 4 nitrogen and oxygen atoms in total. The van der Waals surface area contributed by atoms with Gasteiger partial charge in [-0.1, -0.05) is 0 Å². The zero-order chi connectivity index (χ0) is 9.99. The summed E-state index contributed by atoms with van der Waals surface area (Å²) in [6.07, 6.45) is -4.64. The molecule has 0 aromatic rings. The molecule has 0 saturated carbocycles. The van der Waals surface area contributed by atoms with Gasteiger partial charge in [0.05, 0.1) is 0 Å². The normalized spacial score (nSPS) is 13.8. The molecule has 0 radical (unpaired) electrons. The van der Waals surface area contributed by atoms with Gasteiger partial charge in [-0.05, 0) is 0 Å². The second-order valence-electron chi connectivity index (χ2n) is 2.12. The van der Waals surface area contributed by atoms with Gasteiger partial charge in [0.1, 0.15) is 0 Å². The molecule has 0 aromatic carbocycles. The van der Waals surface area contributed by atoms with Crippen LogP contribution in [0.5, 0.6) is 0 Å². The topological polar surface area (TPSA) is 46.6 Å². The van der Waals surface area contributed by atoms with E-state index in [0.717, 1.165) is 14.1 Å². The number of alkyl halides is 3. The van der Waals surface area contributed by atoms with Crippen LogP contribution in [0.2, 0.25) is 0 Å². The summed E-state index contributed by atoms with van der Waals surface area (Å²) < 4.78 is 59.7. The molecular formula is C4H8F3NO3S. The lowest BCUT2D eigenvalue weighted by Crippen LogP contribution is -2.29. The Bertz CT molecular complexity index is 232. The molecule has 0 aliphatic rings. The van der Waals surface area contributed by atoms with E-state index >= 15 is 0 Å². The Balaban J connectivity index is 4.12. The summed E-state index contributed by atoms with van der Waals surface area (Å²) >= 11 is 0. The highest BCUT2D eigenvalue weighted by Crippen LogP contribution is 2.16. The van der Waals surface area contributed by atoms with E-state index in [1.807, 2.05) is 0 Å². The van der Waals surface area contributed by atoms with Crippen LogP contribution in [0.3, 0.4) is 0 Å². The monoisotopic (exact) mass is 207 g/mol. The molecule has 0 fully saturated rings. The SMILES string of the molecule is CN(C)S(=O)(=O)OCC(F)(F)F. The Morgan fingerprint density at radius 2 is 1.75 bits per heavy atom. The molecular weight excluding hydrogens is 199 g/mol. The van der Waals surface area contributed by atoms with E-state index in [0.29, 0.717) is 4.31 Å². The van der Waals surface area contributed by atoms with Gasteiger partial charge in [0, 0.05) is 14.1 Å². The van der Waals surface area contributed by atoms with Crippen LogP contribution in [0.15, 0.2) is 0 Å². The van der Waals surface area contributed by atoms with Gasteiger partial charge in [-0.2, -0.15) is 25.9 Å². The molecule has 0 aliphatic carbocycles. The van der Waals surface area contributed by atoms with Crippen molar-refractivity contribution < 1.29 is 25.8 Å². The Morgan fingerprint density at radius 1 is 1.33 bits per heavy atom. The summed E-state index contributed by atoms with van der Waals surface area (Å²) in [4.78, 5) is 0. The van der Waals surface area contributed by atoms with Crippen molar-refractivity contribution in [3.05, 3.63) is 0 Å². The maximum absolute atomic E-state index is 11.4. The lowest BCUT2D eigenvalue weighted by atomic mass is 10.7. The third kappa shape index (κ3) is 4.52. The Morgan fingerprint density at radius 3 is 2.00 bits per heavy atom. The van der Waals surface area contributed by atoms with Crippen molar-refractivity contribution in [2.75, 3.05) is 20.7 Å². The minimum Gasteiger partial charge on any atom is -0.248 e. The van der Waals surface area contributed by atoms with E-state index in [1.165, 1.54) is 0 Å². The largest absolute Gasteiger partial charge is 0.413 e. The average molecular weight is 207 g/mol. The molecule has 8 heteroatoms. The fourth-order valence-corrected chi connectivity index (χ4v) is 0.740. The molecule has 0 aliphatic heterocycles. The van der Waals surface area contributed by atoms with Gasteiger partial charge >= 0.3 is 16.5 Å². The van der Waals surface area contributed by atoms with E-state index in [2.05, 4.69) is 4.18 Å². The third-order valence-electron chi connectivity index (χ3n) is 0.819. The lowest BCUT2D eigenvalue weighted by molar-refractivity contribution is -0.153. The molecule has 0 unspecified atom stereocenters. The van der Waals surface area contributed by atoms with Crippen LogP contribution < -0.4 is 0 Å². The minimum absolute atomic E-state index is 0.554. The Hall–Kier alpha value is -0.340. The fraction of sp³-hybridized carbons (Fsp3) is 1.00. The van der Waals surface area contributed by atoms with Gasteiger partial charge in [0.2, 0.25) is 0 Å². The van der Waals surface area contributed by atoms with E-state index in [4.69, 9.17) is 0 Å². The van der Waals surface area contributed by atoms with Gasteiger partial charge < -0.3 is 0 Å². The van der Waals surface area contributed by atoms with E-state index < -0.39 is 23.1 Å². The highest BCUT2D eigenvalue weighted by Gasteiger charge is 2.31. The van der Waals surface area contributed by atoms with Crippen LogP contribution in [-0.2, 0) is 14.5 Å². The highest BCUT2D eigenvalue weighted by molar-refractivity contribution is 7.84. The molecule has 0 saturated heterocycles. The van der Waals surface area contributed by atoms with Crippen molar-refractivity contribution in [2.45, 2.75) is 6.18 Å². The molecule has 0 spiro atoms. The van der Waals surface area contributed by atoms with Gasteiger partial charge in [-0.15, -0.1) is 0 Å². The zero-order valence-electron chi connectivity index (χ0n) is 6.42. The number of hydrogen-bond acceptors (Lipinski definition) is 3. The van der Waals surface area contributed by atoms with Crippen LogP contribution >= 0.6 is 0 Å². The Kier molecular flexibility index (Phi) is 3.48. The van der Waals surface area contributed by atoms with Gasteiger partial charge in [-0.3, -0.25) is 0 Å². The first-order valence-electron chi connectivity index (χ1n) is 2.79. The van der Waals surface area contributed by atoms with Crippen molar-refractivity contribution in [1.29, 1.82) is 0 Å². The average Bonchev–Trinajstić information content (AvgIpc) is 1.82. The van der Waals surface area contributed by atoms with Crippen LogP contribution in [0.4, 0.5) is 13.2 Å². The number of halogens is 3. The Labute approximate surface area is 68.2 Å². The zero-order valence-corrected chi connectivity index (χ0v) is 7.24. The molecule has 0 aromatic heterocycles. The van der Waals surface area contributed by atoms with Crippen molar-refractivity contribution in [3.63, 3.8) is 0 Å². The molecule has 74 valence electrons. The fourth-order valence-electron chi connectivity index (χ4n) is 0.247. The second kappa shape index (κ2) is 3.58. The van der Waals surface area contributed by atoms with Crippen molar-refractivity contribution in [3.8, 4) is 0 Å². The minimum atomic E-state index is -4.64. The quantitative estimate of drug-likeness (QED) is 0.671. The summed E-state index contributed by atoms with van der Waals surface area (Å²) in [5, 5.41) is 0. The van der Waals surface area contributed by atoms with Crippen LogP contribution in [0, 0.1) is 0 Å². The molecule has 12 heavy (non-hydrogen) atoms. The van der Waals surface area contributed by atoms with Crippen LogP contribution in [0.25, 0.3) is 0 Å². The summed E-state index contributed by atoms with van der Waals surface area (Å²) in [5.41, 5.74) is 0. The van der Waals surface area contributed by atoms with Crippen molar-refractivity contribution in [2.24, 2.45) is 0 Å². The van der Waals surface area contributed by atoms with Gasteiger partial charge in [0.25, 0.3) is 0 Å². The predicted octanol–water partition coefficient (Wildman–Crippen LogP) is 0.372. The van der Waals surface area contributed by atoms with Gasteiger partial charge in [0.15, 0.2) is 6.61 Å². The molecule has 0 bridgehead atoms. The summed E-state index contributed by atoms with van der Waals surface area (Å²) in [7, 11) is -2.07. The molecule has 0 heterocycles. The second-order valence-corrected chi connectivity index (χ2v) is 3.94. The van der Waals surface area contributed by atoms with E-state index in [1.54, 1.807) is 0 Å².